The molecule has 7 heteroatoms. The Morgan fingerprint density at radius 1 is 1.23 bits per heavy atom. The summed E-state index contributed by atoms with van der Waals surface area (Å²) in [6.07, 6.45) is 5.83. The molecular formula is C19H26N2O4S. The number of nitrogens with one attached hydrogen (secondary N) is 2. The molecule has 1 aromatic carbocycles. The molecule has 1 aromatic rings. The molecule has 1 aliphatic carbocycles. The zero-order chi connectivity index (χ0) is 18.6. The molecule has 1 saturated carbocycles. The van der Waals surface area contributed by atoms with Gasteiger partial charge in [0.25, 0.3) is 0 Å². The lowest BCUT2D eigenvalue weighted by atomic mass is 10.2. The van der Waals surface area contributed by atoms with E-state index in [9.17, 15) is 13.2 Å². The second-order valence-electron chi connectivity index (χ2n) is 7.01. The summed E-state index contributed by atoms with van der Waals surface area (Å²) in [6.45, 7) is 3.35. The number of hydrogen-bond donors (Lipinski definition) is 2. The zero-order valence-electron chi connectivity index (χ0n) is 15.0. The predicted octanol–water partition coefficient (Wildman–Crippen LogP) is 2.12. The van der Waals surface area contributed by atoms with Crippen molar-refractivity contribution in [2.75, 3.05) is 13.2 Å². The summed E-state index contributed by atoms with van der Waals surface area (Å²) in [6, 6.07) is 6.56. The summed E-state index contributed by atoms with van der Waals surface area (Å²) in [7, 11) is -3.54. The van der Waals surface area contributed by atoms with Gasteiger partial charge >= 0.3 is 0 Å². The number of amides is 1. The van der Waals surface area contributed by atoms with Crippen LogP contribution in [-0.2, 0) is 26.1 Å². The number of hydrogen-bond acceptors (Lipinski definition) is 4. The third-order valence-electron chi connectivity index (χ3n) is 4.81. The first-order valence-electron chi connectivity index (χ1n) is 9.10. The highest BCUT2D eigenvalue weighted by molar-refractivity contribution is 7.89. The summed E-state index contributed by atoms with van der Waals surface area (Å²) < 4.78 is 32.7. The predicted molar refractivity (Wildman–Crippen MR) is 98.9 cm³/mol. The van der Waals surface area contributed by atoms with Crippen LogP contribution >= 0.6 is 0 Å². The first kappa shape index (κ1) is 19.1. The fourth-order valence-corrected chi connectivity index (χ4v) is 4.05. The molecule has 1 aliphatic heterocycles. The van der Waals surface area contributed by atoms with Crippen molar-refractivity contribution < 1.29 is 17.9 Å². The lowest BCUT2D eigenvalue weighted by molar-refractivity contribution is -0.116. The molecular weight excluding hydrogens is 352 g/mol. The topological polar surface area (TPSA) is 84.5 Å². The number of carbonyl (C=O) groups excluding carboxylic acids is 1. The van der Waals surface area contributed by atoms with Crippen molar-refractivity contribution in [3.63, 3.8) is 0 Å². The summed E-state index contributed by atoms with van der Waals surface area (Å²) >= 11 is 0. The summed E-state index contributed by atoms with van der Waals surface area (Å²) in [5.41, 5.74) is 1.98. The summed E-state index contributed by atoms with van der Waals surface area (Å²) in [4.78, 5) is 12.1. The van der Waals surface area contributed by atoms with E-state index in [1.165, 1.54) is 12.8 Å². The van der Waals surface area contributed by atoms with E-state index in [0.29, 0.717) is 25.6 Å². The molecule has 1 saturated heterocycles. The van der Waals surface area contributed by atoms with Crippen molar-refractivity contribution in [3.05, 3.63) is 41.5 Å². The van der Waals surface area contributed by atoms with Gasteiger partial charge in [0.2, 0.25) is 15.9 Å². The van der Waals surface area contributed by atoms with Crippen LogP contribution in [-0.4, -0.2) is 33.6 Å². The van der Waals surface area contributed by atoms with Gasteiger partial charge in [-0.05, 0) is 56.2 Å². The Morgan fingerprint density at radius 3 is 2.58 bits per heavy atom. The van der Waals surface area contributed by atoms with Crippen LogP contribution in [0.3, 0.4) is 0 Å². The molecule has 0 aromatic heterocycles. The van der Waals surface area contributed by atoms with Gasteiger partial charge in [0, 0.05) is 25.8 Å². The first-order valence-corrected chi connectivity index (χ1v) is 10.6. The lowest BCUT2D eigenvalue weighted by Gasteiger charge is -2.12. The highest BCUT2D eigenvalue weighted by atomic mass is 32.2. The van der Waals surface area contributed by atoms with Gasteiger partial charge in [-0.3, -0.25) is 4.79 Å². The lowest BCUT2D eigenvalue weighted by Crippen LogP contribution is -2.31. The van der Waals surface area contributed by atoms with Crippen molar-refractivity contribution in [1.82, 2.24) is 10.0 Å². The Morgan fingerprint density at radius 2 is 1.96 bits per heavy atom. The standard InChI is InChI=1S/C19H26N2O4S/c1-14(16-6-7-16)11-19(22)20-12-15-4-8-18(9-5-15)26(23,24)21-13-17-3-2-10-25-17/h4-5,8-9,11,16-17,21H,2-3,6-7,10,12-13H2,1H3,(H,20,22)/b14-11+. The normalized spacial score (nSPS) is 21.0. The fourth-order valence-electron chi connectivity index (χ4n) is 2.98. The molecule has 0 radical (unpaired) electrons. The van der Waals surface area contributed by atoms with Gasteiger partial charge in [-0.1, -0.05) is 17.7 Å². The summed E-state index contributed by atoms with van der Waals surface area (Å²) in [5.74, 6) is 0.469. The van der Waals surface area contributed by atoms with E-state index in [1.807, 2.05) is 6.92 Å². The van der Waals surface area contributed by atoms with Crippen LogP contribution in [0.5, 0.6) is 0 Å². The zero-order valence-corrected chi connectivity index (χ0v) is 15.8. The van der Waals surface area contributed by atoms with Crippen molar-refractivity contribution >= 4 is 15.9 Å². The maximum Gasteiger partial charge on any atom is 0.244 e. The van der Waals surface area contributed by atoms with E-state index < -0.39 is 10.0 Å². The molecule has 6 nitrogen and oxygen atoms in total. The quantitative estimate of drug-likeness (QED) is 0.679. The average molecular weight is 378 g/mol. The van der Waals surface area contributed by atoms with E-state index in [-0.39, 0.29) is 16.9 Å². The molecule has 2 aliphatic rings. The molecule has 2 fully saturated rings. The average Bonchev–Trinajstić information content (AvgIpc) is 3.35. The summed E-state index contributed by atoms with van der Waals surface area (Å²) in [5, 5.41) is 2.84. The molecule has 0 spiro atoms. The monoisotopic (exact) mass is 378 g/mol. The van der Waals surface area contributed by atoms with E-state index in [0.717, 1.165) is 24.0 Å². The van der Waals surface area contributed by atoms with Gasteiger partial charge in [0.05, 0.1) is 11.0 Å². The van der Waals surface area contributed by atoms with E-state index in [1.54, 1.807) is 30.3 Å². The molecule has 142 valence electrons. The van der Waals surface area contributed by atoms with E-state index in [4.69, 9.17) is 4.74 Å². The minimum Gasteiger partial charge on any atom is -0.377 e. The van der Waals surface area contributed by atoms with Crippen LogP contribution < -0.4 is 10.0 Å². The van der Waals surface area contributed by atoms with E-state index >= 15 is 0 Å². The molecule has 1 unspecified atom stereocenters. The first-order chi connectivity index (χ1) is 12.4. The maximum absolute atomic E-state index is 12.3. The Balaban J connectivity index is 1.50. The number of rotatable bonds is 8. The largest absolute Gasteiger partial charge is 0.377 e. The number of benzene rings is 1. The number of sulfonamides is 1. The third kappa shape index (κ3) is 5.40. The molecule has 2 N–H and O–H groups in total. The Kier molecular flexibility index (Phi) is 6.11. The number of ether oxygens (including phenoxy) is 1. The Hall–Kier alpha value is -1.70. The van der Waals surface area contributed by atoms with Gasteiger partial charge < -0.3 is 10.1 Å². The van der Waals surface area contributed by atoms with Crippen molar-refractivity contribution in [1.29, 1.82) is 0 Å². The Bertz CT molecular complexity index is 761. The minimum atomic E-state index is -3.54. The second kappa shape index (κ2) is 8.33. The van der Waals surface area contributed by atoms with Gasteiger partial charge in [0.1, 0.15) is 0 Å². The third-order valence-corrected chi connectivity index (χ3v) is 6.24. The van der Waals surface area contributed by atoms with Crippen molar-refractivity contribution in [2.45, 2.75) is 50.2 Å². The molecule has 1 amide bonds. The fraction of sp³-hybridized carbons (Fsp3) is 0.526. The molecule has 0 bridgehead atoms. The van der Waals surface area contributed by atoms with Gasteiger partial charge in [-0.15, -0.1) is 0 Å². The molecule has 26 heavy (non-hydrogen) atoms. The van der Waals surface area contributed by atoms with Gasteiger partial charge in [-0.25, -0.2) is 13.1 Å². The Labute approximate surface area is 155 Å². The van der Waals surface area contributed by atoms with Crippen LogP contribution in [0.1, 0.15) is 38.2 Å². The van der Waals surface area contributed by atoms with E-state index in [2.05, 4.69) is 10.0 Å². The van der Waals surface area contributed by atoms with Crippen LogP contribution in [0.4, 0.5) is 0 Å². The number of carbonyl (C=O) groups is 1. The van der Waals surface area contributed by atoms with Crippen molar-refractivity contribution in [2.24, 2.45) is 5.92 Å². The van der Waals surface area contributed by atoms with Crippen LogP contribution in [0, 0.1) is 5.92 Å². The van der Waals surface area contributed by atoms with Gasteiger partial charge in [0.15, 0.2) is 0 Å². The van der Waals surface area contributed by atoms with Gasteiger partial charge in [-0.2, -0.15) is 0 Å². The molecule has 1 atom stereocenters. The maximum atomic E-state index is 12.3. The molecule has 3 rings (SSSR count). The smallest absolute Gasteiger partial charge is 0.244 e. The highest BCUT2D eigenvalue weighted by Gasteiger charge is 2.23. The van der Waals surface area contributed by atoms with Crippen LogP contribution in [0.15, 0.2) is 40.8 Å². The van der Waals surface area contributed by atoms with Crippen molar-refractivity contribution in [3.8, 4) is 0 Å². The minimum absolute atomic E-state index is 0.0357. The van der Waals surface area contributed by atoms with Crippen LogP contribution in [0.2, 0.25) is 0 Å². The highest BCUT2D eigenvalue weighted by Crippen LogP contribution is 2.35. The number of allylic oxidation sites excluding steroid dienone is 1. The second-order valence-corrected chi connectivity index (χ2v) is 8.78. The molecule has 1 heterocycles. The van der Waals surface area contributed by atoms with Crippen LogP contribution in [0.25, 0.3) is 0 Å². The SMILES string of the molecule is C/C(=C\C(=O)NCc1ccc(S(=O)(=O)NCC2CCCO2)cc1)C1CC1.